The lowest BCUT2D eigenvalue weighted by Crippen LogP contribution is -2.49. The first-order valence-corrected chi connectivity index (χ1v) is 10.1. The summed E-state index contributed by atoms with van der Waals surface area (Å²) in [6, 6.07) is 17.3. The Balaban J connectivity index is 1.31. The second-order valence-corrected chi connectivity index (χ2v) is 7.74. The number of Topliss-reactive ketones (excluding diaryl/α,β-unsaturated/α-hetero) is 1. The van der Waals surface area contributed by atoms with Crippen molar-refractivity contribution in [1.29, 1.82) is 0 Å². The number of likely N-dealkylation sites (tertiary alicyclic amines) is 1. The van der Waals surface area contributed by atoms with Crippen LogP contribution in [-0.2, 0) is 17.8 Å². The van der Waals surface area contributed by atoms with Crippen LogP contribution in [0.5, 0.6) is 0 Å². The Morgan fingerprint density at radius 3 is 2.47 bits per heavy atom. The number of oxazole rings is 1. The maximum atomic E-state index is 12.6. The summed E-state index contributed by atoms with van der Waals surface area (Å²) in [7, 11) is 0. The summed E-state index contributed by atoms with van der Waals surface area (Å²) in [5.74, 6) is 0.404. The Bertz CT molecular complexity index is 1030. The molecule has 30 heavy (non-hydrogen) atoms. The number of carbonyl (C=O) groups is 2. The Hall–Kier alpha value is -3.25. The van der Waals surface area contributed by atoms with Gasteiger partial charge in [-0.1, -0.05) is 42.5 Å². The maximum absolute atomic E-state index is 12.6. The molecule has 2 heterocycles. The maximum Gasteiger partial charge on any atom is 0.309 e. The van der Waals surface area contributed by atoms with Gasteiger partial charge < -0.3 is 9.52 Å². The molecule has 0 radical (unpaired) electrons. The Kier molecular flexibility index (Phi) is 5.77. The number of carbonyl (C=O) groups excluding carboxylic acids is 1. The van der Waals surface area contributed by atoms with E-state index in [2.05, 4.69) is 9.88 Å². The lowest BCUT2D eigenvalue weighted by atomic mass is 9.99. The second-order valence-electron chi connectivity index (χ2n) is 7.74. The van der Waals surface area contributed by atoms with E-state index in [0.29, 0.717) is 43.9 Å². The zero-order chi connectivity index (χ0) is 21.1. The van der Waals surface area contributed by atoms with Crippen molar-refractivity contribution >= 4 is 11.8 Å². The molecule has 6 nitrogen and oxygen atoms in total. The van der Waals surface area contributed by atoms with Crippen LogP contribution in [0.3, 0.4) is 0 Å². The van der Waals surface area contributed by atoms with Gasteiger partial charge in [0.1, 0.15) is 5.76 Å². The Morgan fingerprint density at radius 2 is 1.80 bits per heavy atom. The van der Waals surface area contributed by atoms with Gasteiger partial charge in [0.15, 0.2) is 5.78 Å². The van der Waals surface area contributed by atoms with Gasteiger partial charge in [0.25, 0.3) is 0 Å². The third kappa shape index (κ3) is 4.49. The highest BCUT2D eigenvalue weighted by Crippen LogP contribution is 2.23. The van der Waals surface area contributed by atoms with E-state index in [-0.39, 0.29) is 11.7 Å². The highest BCUT2D eigenvalue weighted by molar-refractivity contribution is 5.96. The van der Waals surface area contributed by atoms with Gasteiger partial charge in [-0.3, -0.25) is 14.5 Å². The zero-order valence-corrected chi connectivity index (χ0v) is 16.9. The van der Waals surface area contributed by atoms with E-state index < -0.39 is 5.97 Å². The van der Waals surface area contributed by atoms with Crippen molar-refractivity contribution in [2.24, 2.45) is 5.92 Å². The fourth-order valence-corrected chi connectivity index (χ4v) is 3.65. The summed E-state index contributed by atoms with van der Waals surface area (Å²) in [5.41, 5.74) is 3.49. The van der Waals surface area contributed by atoms with E-state index >= 15 is 0 Å². The fraction of sp³-hybridized carbons (Fsp3) is 0.292. The third-order valence-electron chi connectivity index (χ3n) is 5.49. The standard InChI is InChI=1S/C24H24N2O4/c1-16-21(25-23(30-16)19-5-3-2-4-6-19)11-12-22(27)18-9-7-17(8-10-18)13-26-14-20(15-26)24(28)29/h2-10,20H,11-15H2,1H3,(H,28,29). The van der Waals surface area contributed by atoms with E-state index in [0.717, 1.165) is 22.6 Å². The summed E-state index contributed by atoms with van der Waals surface area (Å²) < 4.78 is 5.77. The molecule has 1 aliphatic heterocycles. The zero-order valence-electron chi connectivity index (χ0n) is 16.9. The number of hydrogen-bond acceptors (Lipinski definition) is 5. The SMILES string of the molecule is Cc1oc(-c2ccccc2)nc1CCC(=O)c1ccc(CN2CC(C(=O)O)C2)cc1. The molecule has 1 aromatic heterocycles. The van der Waals surface area contributed by atoms with Crippen LogP contribution < -0.4 is 0 Å². The van der Waals surface area contributed by atoms with Crippen LogP contribution in [-0.4, -0.2) is 39.8 Å². The van der Waals surface area contributed by atoms with E-state index in [9.17, 15) is 9.59 Å². The molecule has 0 bridgehead atoms. The molecule has 6 heteroatoms. The molecule has 1 aliphatic rings. The van der Waals surface area contributed by atoms with Gasteiger partial charge in [-0.05, 0) is 24.6 Å². The number of rotatable bonds is 8. The summed E-state index contributed by atoms with van der Waals surface area (Å²) in [5, 5.41) is 8.95. The van der Waals surface area contributed by atoms with Crippen LogP contribution in [0.1, 0.15) is 33.8 Å². The number of aliphatic carboxylic acids is 1. The normalized spacial score (nSPS) is 14.4. The van der Waals surface area contributed by atoms with Gasteiger partial charge in [0.2, 0.25) is 5.89 Å². The van der Waals surface area contributed by atoms with Crippen LogP contribution >= 0.6 is 0 Å². The predicted molar refractivity (Wildman–Crippen MR) is 112 cm³/mol. The van der Waals surface area contributed by atoms with Gasteiger partial charge in [-0.15, -0.1) is 0 Å². The lowest BCUT2D eigenvalue weighted by Gasteiger charge is -2.36. The first-order valence-electron chi connectivity index (χ1n) is 10.1. The summed E-state index contributed by atoms with van der Waals surface area (Å²) >= 11 is 0. The predicted octanol–water partition coefficient (Wildman–Crippen LogP) is 3.98. The number of hydrogen-bond donors (Lipinski definition) is 1. The van der Waals surface area contributed by atoms with Crippen molar-refractivity contribution in [3.05, 3.63) is 77.2 Å². The van der Waals surface area contributed by atoms with E-state index in [1.807, 2.05) is 61.5 Å². The number of carboxylic acid groups (broad SMARTS) is 1. The fourth-order valence-electron chi connectivity index (χ4n) is 3.65. The Morgan fingerprint density at radius 1 is 1.10 bits per heavy atom. The minimum atomic E-state index is -0.731. The molecule has 0 amide bonds. The molecule has 0 aliphatic carbocycles. The topological polar surface area (TPSA) is 83.6 Å². The number of ketones is 1. The molecular formula is C24H24N2O4. The molecule has 154 valence electrons. The number of nitrogens with zero attached hydrogens (tertiary/aromatic N) is 2. The van der Waals surface area contributed by atoms with E-state index in [4.69, 9.17) is 9.52 Å². The molecule has 3 aromatic rings. The van der Waals surface area contributed by atoms with Crippen LogP contribution in [0.15, 0.2) is 59.0 Å². The first kappa shape index (κ1) is 20.0. The number of aryl methyl sites for hydroxylation is 2. The van der Waals surface area contributed by atoms with Crippen LogP contribution in [0.2, 0.25) is 0 Å². The van der Waals surface area contributed by atoms with Gasteiger partial charge in [0.05, 0.1) is 11.6 Å². The van der Waals surface area contributed by atoms with Crippen molar-refractivity contribution in [2.45, 2.75) is 26.3 Å². The molecule has 2 aromatic carbocycles. The summed E-state index contributed by atoms with van der Waals surface area (Å²) in [4.78, 5) is 30.1. The lowest BCUT2D eigenvalue weighted by molar-refractivity contribution is -0.147. The van der Waals surface area contributed by atoms with Crippen LogP contribution in [0, 0.1) is 12.8 Å². The van der Waals surface area contributed by atoms with Gasteiger partial charge >= 0.3 is 5.97 Å². The van der Waals surface area contributed by atoms with Crippen molar-refractivity contribution in [3.8, 4) is 11.5 Å². The minimum absolute atomic E-state index is 0.0695. The number of carboxylic acids is 1. The largest absolute Gasteiger partial charge is 0.481 e. The van der Waals surface area contributed by atoms with Crippen LogP contribution in [0.4, 0.5) is 0 Å². The molecule has 1 fully saturated rings. The molecule has 1 saturated heterocycles. The minimum Gasteiger partial charge on any atom is -0.481 e. The molecular weight excluding hydrogens is 380 g/mol. The third-order valence-corrected chi connectivity index (χ3v) is 5.49. The van der Waals surface area contributed by atoms with Crippen molar-refractivity contribution in [2.75, 3.05) is 13.1 Å². The van der Waals surface area contributed by atoms with Gasteiger partial charge in [-0.25, -0.2) is 4.98 Å². The highest BCUT2D eigenvalue weighted by atomic mass is 16.4. The Labute approximate surface area is 175 Å². The molecule has 0 atom stereocenters. The molecule has 4 rings (SSSR count). The average molecular weight is 404 g/mol. The first-order chi connectivity index (χ1) is 14.5. The highest BCUT2D eigenvalue weighted by Gasteiger charge is 2.32. The quantitative estimate of drug-likeness (QED) is 0.572. The summed E-state index contributed by atoms with van der Waals surface area (Å²) in [6.07, 6.45) is 0.903. The molecule has 1 N–H and O–H groups in total. The number of benzene rings is 2. The van der Waals surface area contributed by atoms with Gasteiger partial charge in [0, 0.05) is 43.6 Å². The van der Waals surface area contributed by atoms with Crippen LogP contribution in [0.25, 0.3) is 11.5 Å². The van der Waals surface area contributed by atoms with Gasteiger partial charge in [-0.2, -0.15) is 0 Å². The smallest absolute Gasteiger partial charge is 0.309 e. The average Bonchev–Trinajstić information content (AvgIpc) is 3.10. The number of aromatic nitrogens is 1. The molecule has 0 saturated carbocycles. The summed E-state index contributed by atoms with van der Waals surface area (Å²) in [6.45, 7) is 3.74. The molecule has 0 unspecified atom stereocenters. The van der Waals surface area contributed by atoms with E-state index in [1.165, 1.54) is 0 Å². The van der Waals surface area contributed by atoms with Crippen molar-refractivity contribution in [1.82, 2.24) is 9.88 Å². The van der Waals surface area contributed by atoms with Crippen molar-refractivity contribution < 1.29 is 19.1 Å². The molecule has 0 spiro atoms. The monoisotopic (exact) mass is 404 g/mol. The second kappa shape index (κ2) is 8.63. The van der Waals surface area contributed by atoms with Crippen molar-refractivity contribution in [3.63, 3.8) is 0 Å². The van der Waals surface area contributed by atoms with E-state index in [1.54, 1.807) is 0 Å².